The minimum absolute atomic E-state index is 0. The van der Waals surface area contributed by atoms with Crippen LogP contribution in [-0.4, -0.2) is 30.0 Å². The predicted octanol–water partition coefficient (Wildman–Crippen LogP) is 1.08. The van der Waals surface area contributed by atoms with Crippen molar-refractivity contribution in [2.45, 2.75) is 31.2 Å². The van der Waals surface area contributed by atoms with E-state index in [0.29, 0.717) is 6.42 Å². The monoisotopic (exact) mass is 205 g/mol. The molecule has 0 aromatic rings. The van der Waals surface area contributed by atoms with Gasteiger partial charge in [0.2, 0.25) is 0 Å². The maximum Gasteiger partial charge on any atom is 0.403 e. The van der Waals surface area contributed by atoms with Crippen LogP contribution in [0.4, 0.5) is 13.2 Å². The Morgan fingerprint density at radius 2 is 1.92 bits per heavy atom. The summed E-state index contributed by atoms with van der Waals surface area (Å²) in [6, 6.07) is -1.52. The Balaban J connectivity index is 0.00000121. The molecule has 1 rings (SSSR count). The summed E-state index contributed by atoms with van der Waals surface area (Å²) in [5, 5.41) is 11.2. The lowest BCUT2D eigenvalue weighted by atomic mass is 10.0. The van der Waals surface area contributed by atoms with Crippen LogP contribution in [0.3, 0.4) is 0 Å². The van der Waals surface area contributed by atoms with E-state index in [9.17, 15) is 13.2 Å². The van der Waals surface area contributed by atoms with Crippen molar-refractivity contribution in [3.05, 3.63) is 0 Å². The summed E-state index contributed by atoms with van der Waals surface area (Å²) in [5.41, 5.74) is 0. The van der Waals surface area contributed by atoms with Crippen molar-refractivity contribution in [1.29, 1.82) is 0 Å². The number of hydrogen-bond acceptors (Lipinski definition) is 2. The van der Waals surface area contributed by atoms with Crippen molar-refractivity contribution >= 4 is 12.4 Å². The first-order valence-corrected chi connectivity index (χ1v) is 3.48. The van der Waals surface area contributed by atoms with Gasteiger partial charge >= 0.3 is 6.18 Å². The Bertz CT molecular complexity index is 141. The second-order valence-corrected chi connectivity index (χ2v) is 2.73. The molecular formula is C6H11ClF3NO. The minimum Gasteiger partial charge on any atom is -0.393 e. The summed E-state index contributed by atoms with van der Waals surface area (Å²) >= 11 is 0. The molecule has 74 valence electrons. The van der Waals surface area contributed by atoms with Crippen LogP contribution >= 0.6 is 12.4 Å². The molecule has 12 heavy (non-hydrogen) atoms. The van der Waals surface area contributed by atoms with E-state index in [1.807, 2.05) is 0 Å². The van der Waals surface area contributed by atoms with Crippen molar-refractivity contribution in [3.63, 3.8) is 0 Å². The van der Waals surface area contributed by atoms with Crippen LogP contribution in [-0.2, 0) is 0 Å². The average Bonchev–Trinajstić information content (AvgIpc) is 1.86. The molecule has 0 aromatic carbocycles. The highest BCUT2D eigenvalue weighted by molar-refractivity contribution is 5.85. The molecule has 1 aliphatic rings. The highest BCUT2D eigenvalue weighted by atomic mass is 35.5. The fourth-order valence-corrected chi connectivity index (χ4v) is 1.15. The summed E-state index contributed by atoms with van der Waals surface area (Å²) in [4.78, 5) is 0. The van der Waals surface area contributed by atoms with Crippen molar-refractivity contribution in [3.8, 4) is 0 Å². The molecule has 0 amide bonds. The number of aliphatic hydroxyl groups excluding tert-OH is 1. The van der Waals surface area contributed by atoms with Gasteiger partial charge in [-0.15, -0.1) is 12.4 Å². The first-order valence-electron chi connectivity index (χ1n) is 3.48. The lowest BCUT2D eigenvalue weighted by Gasteiger charge is -2.28. The van der Waals surface area contributed by atoms with Gasteiger partial charge in [0.15, 0.2) is 0 Å². The SMILES string of the molecule is Cl.OC1CCNC(C(F)(F)F)C1. The molecule has 1 heterocycles. The lowest BCUT2D eigenvalue weighted by molar-refractivity contribution is -0.167. The van der Waals surface area contributed by atoms with Gasteiger partial charge in [-0.05, 0) is 19.4 Å². The molecule has 0 aliphatic carbocycles. The smallest absolute Gasteiger partial charge is 0.393 e. The van der Waals surface area contributed by atoms with Crippen molar-refractivity contribution in [2.75, 3.05) is 6.54 Å². The van der Waals surface area contributed by atoms with Crippen LogP contribution in [0.1, 0.15) is 12.8 Å². The fraction of sp³-hybridized carbons (Fsp3) is 1.00. The van der Waals surface area contributed by atoms with Gasteiger partial charge in [-0.1, -0.05) is 0 Å². The standard InChI is InChI=1S/C6H10F3NO.ClH/c7-6(8,9)5-3-4(11)1-2-10-5;/h4-5,10-11H,1-3H2;1H. The Labute approximate surface area is 74.6 Å². The van der Waals surface area contributed by atoms with Crippen molar-refractivity contribution in [2.24, 2.45) is 0 Å². The molecule has 1 saturated heterocycles. The van der Waals surface area contributed by atoms with Gasteiger partial charge in [0.1, 0.15) is 6.04 Å². The van der Waals surface area contributed by atoms with Gasteiger partial charge in [0, 0.05) is 0 Å². The summed E-state index contributed by atoms with van der Waals surface area (Å²) < 4.78 is 35.8. The van der Waals surface area contributed by atoms with Crippen LogP contribution in [0.5, 0.6) is 0 Å². The maximum absolute atomic E-state index is 11.9. The van der Waals surface area contributed by atoms with Crippen LogP contribution < -0.4 is 5.32 Å². The Kier molecular flexibility index (Phi) is 4.30. The van der Waals surface area contributed by atoms with Gasteiger partial charge in [-0.2, -0.15) is 13.2 Å². The molecule has 6 heteroatoms. The average molecular weight is 206 g/mol. The normalized spacial score (nSPS) is 31.0. The topological polar surface area (TPSA) is 32.3 Å². The number of aliphatic hydroxyl groups is 1. The summed E-state index contributed by atoms with van der Waals surface area (Å²) in [5.74, 6) is 0. The molecule has 1 aliphatic heterocycles. The van der Waals surface area contributed by atoms with Gasteiger partial charge in [0.05, 0.1) is 6.10 Å². The Hall–Kier alpha value is -0.0000000000000000555. The predicted molar refractivity (Wildman–Crippen MR) is 40.3 cm³/mol. The molecule has 2 N–H and O–H groups in total. The van der Waals surface area contributed by atoms with E-state index in [4.69, 9.17) is 5.11 Å². The third-order valence-corrected chi connectivity index (χ3v) is 1.77. The number of halogens is 4. The van der Waals surface area contributed by atoms with E-state index in [1.54, 1.807) is 0 Å². The van der Waals surface area contributed by atoms with E-state index in [2.05, 4.69) is 5.32 Å². The third kappa shape index (κ3) is 3.16. The van der Waals surface area contributed by atoms with E-state index in [0.717, 1.165) is 0 Å². The lowest BCUT2D eigenvalue weighted by Crippen LogP contribution is -2.49. The van der Waals surface area contributed by atoms with Crippen molar-refractivity contribution in [1.82, 2.24) is 5.32 Å². The summed E-state index contributed by atoms with van der Waals surface area (Å²) in [6.07, 6.45) is -4.83. The zero-order valence-corrected chi connectivity index (χ0v) is 7.08. The molecule has 0 radical (unpaired) electrons. The molecule has 1 fully saturated rings. The van der Waals surface area contributed by atoms with Crippen molar-refractivity contribution < 1.29 is 18.3 Å². The zero-order chi connectivity index (χ0) is 8.48. The second kappa shape index (κ2) is 4.30. The van der Waals surface area contributed by atoms with E-state index in [1.165, 1.54) is 0 Å². The zero-order valence-electron chi connectivity index (χ0n) is 6.27. The number of rotatable bonds is 0. The highest BCUT2D eigenvalue weighted by Gasteiger charge is 2.41. The quantitative estimate of drug-likeness (QED) is 0.621. The first-order chi connectivity index (χ1) is 5.00. The fourth-order valence-electron chi connectivity index (χ4n) is 1.15. The largest absolute Gasteiger partial charge is 0.403 e. The summed E-state index contributed by atoms with van der Waals surface area (Å²) in [7, 11) is 0. The second-order valence-electron chi connectivity index (χ2n) is 2.73. The first kappa shape index (κ1) is 12.0. The molecular weight excluding hydrogens is 195 g/mol. The molecule has 0 spiro atoms. The minimum atomic E-state index is -4.22. The highest BCUT2D eigenvalue weighted by Crippen LogP contribution is 2.25. The van der Waals surface area contributed by atoms with Crippen LogP contribution in [0.25, 0.3) is 0 Å². The van der Waals surface area contributed by atoms with Gasteiger partial charge in [-0.25, -0.2) is 0 Å². The number of hydrogen-bond donors (Lipinski definition) is 2. The van der Waals surface area contributed by atoms with E-state index < -0.39 is 18.3 Å². The molecule has 2 nitrogen and oxygen atoms in total. The molecule has 0 aromatic heterocycles. The molecule has 0 bridgehead atoms. The van der Waals surface area contributed by atoms with Crippen LogP contribution in [0.15, 0.2) is 0 Å². The van der Waals surface area contributed by atoms with Gasteiger partial charge < -0.3 is 10.4 Å². The van der Waals surface area contributed by atoms with Gasteiger partial charge in [0.25, 0.3) is 0 Å². The number of nitrogens with one attached hydrogen (secondary N) is 1. The molecule has 2 atom stereocenters. The van der Waals surface area contributed by atoms with Crippen LogP contribution in [0.2, 0.25) is 0 Å². The number of piperidine rings is 1. The number of alkyl halides is 3. The molecule has 2 unspecified atom stereocenters. The Morgan fingerprint density at radius 1 is 1.33 bits per heavy atom. The van der Waals surface area contributed by atoms with Gasteiger partial charge in [-0.3, -0.25) is 0 Å². The van der Waals surface area contributed by atoms with Crippen LogP contribution in [0, 0.1) is 0 Å². The maximum atomic E-state index is 11.9. The molecule has 0 saturated carbocycles. The van der Waals surface area contributed by atoms with E-state index in [-0.39, 0.29) is 25.4 Å². The third-order valence-electron chi connectivity index (χ3n) is 1.77. The Morgan fingerprint density at radius 3 is 2.25 bits per heavy atom. The summed E-state index contributed by atoms with van der Waals surface area (Å²) in [6.45, 7) is 0.241. The van der Waals surface area contributed by atoms with E-state index >= 15 is 0 Å².